The van der Waals surface area contributed by atoms with E-state index in [9.17, 15) is 4.79 Å². The maximum absolute atomic E-state index is 12.7. The van der Waals surface area contributed by atoms with Gasteiger partial charge in [0.15, 0.2) is 5.78 Å². The van der Waals surface area contributed by atoms with E-state index in [1.165, 1.54) is 0 Å². The van der Waals surface area contributed by atoms with E-state index in [0.29, 0.717) is 17.8 Å². The van der Waals surface area contributed by atoms with Crippen molar-refractivity contribution < 1.29 is 9.53 Å². The van der Waals surface area contributed by atoms with E-state index in [1.54, 1.807) is 7.11 Å². The van der Waals surface area contributed by atoms with Gasteiger partial charge in [0, 0.05) is 17.4 Å². The fourth-order valence-corrected chi connectivity index (χ4v) is 3.92. The van der Waals surface area contributed by atoms with E-state index in [2.05, 4.69) is 24.3 Å². The number of carbonyl (C=O) groups excluding carboxylic acids is 1. The van der Waals surface area contributed by atoms with Crippen LogP contribution in [0.15, 0.2) is 42.5 Å². The molecule has 4 aliphatic carbocycles. The number of ether oxygens (including phenoxy) is 1. The van der Waals surface area contributed by atoms with Crippen molar-refractivity contribution >= 4 is 5.78 Å². The molecule has 0 amide bonds. The number of rotatable bonds is 1. The van der Waals surface area contributed by atoms with Crippen molar-refractivity contribution in [2.75, 3.05) is 7.11 Å². The van der Waals surface area contributed by atoms with Crippen molar-refractivity contribution in [1.82, 2.24) is 0 Å². The number of allylic oxidation sites excluding steroid dienone is 4. The summed E-state index contributed by atoms with van der Waals surface area (Å²) < 4.78 is 5.32. The summed E-state index contributed by atoms with van der Waals surface area (Å²) in [7, 11) is 1.67. The summed E-state index contributed by atoms with van der Waals surface area (Å²) in [4.78, 5) is 12.7. The molecule has 96 valence electrons. The molecule has 0 radical (unpaired) electrons. The Bertz CT molecular complexity index is 612. The van der Waals surface area contributed by atoms with Gasteiger partial charge >= 0.3 is 0 Å². The second-order valence-corrected chi connectivity index (χ2v) is 5.66. The predicted molar refractivity (Wildman–Crippen MR) is 73.4 cm³/mol. The molecule has 0 aliphatic heterocycles. The molecule has 4 atom stereocenters. The Labute approximate surface area is 112 Å². The molecule has 2 nitrogen and oxygen atoms in total. The van der Waals surface area contributed by atoms with Crippen LogP contribution in [0.2, 0.25) is 0 Å². The van der Waals surface area contributed by atoms with E-state index >= 15 is 0 Å². The highest BCUT2D eigenvalue weighted by atomic mass is 16.5. The molecule has 1 aromatic rings. The third-order valence-electron chi connectivity index (χ3n) is 4.85. The molecule has 5 rings (SSSR count). The highest BCUT2D eigenvalue weighted by molar-refractivity contribution is 6.02. The average molecular weight is 252 g/mol. The summed E-state index contributed by atoms with van der Waals surface area (Å²) in [5.41, 5.74) is 2.04. The monoisotopic (exact) mass is 252 g/mol. The summed E-state index contributed by atoms with van der Waals surface area (Å²) >= 11 is 0. The van der Waals surface area contributed by atoms with Crippen LogP contribution in [0.4, 0.5) is 0 Å². The van der Waals surface area contributed by atoms with Gasteiger partial charge < -0.3 is 4.74 Å². The lowest BCUT2D eigenvalue weighted by atomic mass is 9.72. The Morgan fingerprint density at radius 1 is 1.16 bits per heavy atom. The largest absolute Gasteiger partial charge is 0.497 e. The summed E-state index contributed by atoms with van der Waals surface area (Å²) in [6.45, 7) is 0. The van der Waals surface area contributed by atoms with Crippen molar-refractivity contribution in [2.24, 2.45) is 17.8 Å². The van der Waals surface area contributed by atoms with E-state index in [0.717, 1.165) is 23.3 Å². The van der Waals surface area contributed by atoms with Crippen LogP contribution in [0, 0.1) is 17.8 Å². The Morgan fingerprint density at radius 2 is 2.00 bits per heavy atom. The second kappa shape index (κ2) is 3.83. The number of carbonyl (C=O) groups is 1. The second-order valence-electron chi connectivity index (χ2n) is 5.66. The number of hydrogen-bond acceptors (Lipinski definition) is 2. The van der Waals surface area contributed by atoms with Gasteiger partial charge in [0.25, 0.3) is 0 Å². The van der Waals surface area contributed by atoms with Crippen LogP contribution in [-0.4, -0.2) is 12.9 Å². The molecule has 0 aromatic heterocycles. The molecule has 0 unspecified atom stereocenters. The molecule has 0 spiro atoms. The normalized spacial score (nSPS) is 34.1. The Kier molecular flexibility index (Phi) is 2.22. The van der Waals surface area contributed by atoms with Crippen molar-refractivity contribution in [3.8, 4) is 5.75 Å². The van der Waals surface area contributed by atoms with Crippen LogP contribution in [0.3, 0.4) is 0 Å². The Hall–Kier alpha value is -1.83. The number of Topliss-reactive ketones (excluding diaryl/α,β-unsaturated/α-hetero) is 1. The summed E-state index contributed by atoms with van der Waals surface area (Å²) in [5, 5.41) is 0. The molecule has 1 aromatic carbocycles. The van der Waals surface area contributed by atoms with Gasteiger partial charge in [-0.3, -0.25) is 4.79 Å². The zero-order chi connectivity index (χ0) is 13.0. The van der Waals surface area contributed by atoms with Crippen LogP contribution >= 0.6 is 0 Å². The third-order valence-corrected chi connectivity index (χ3v) is 4.85. The molecule has 0 fully saturated rings. The van der Waals surface area contributed by atoms with Crippen molar-refractivity contribution in [1.29, 1.82) is 0 Å². The molecule has 0 saturated heterocycles. The van der Waals surface area contributed by atoms with Gasteiger partial charge in [-0.05, 0) is 42.0 Å². The van der Waals surface area contributed by atoms with Gasteiger partial charge in [0.1, 0.15) is 5.75 Å². The molecular weight excluding hydrogens is 236 g/mol. The lowest BCUT2D eigenvalue weighted by Gasteiger charge is -2.31. The maximum atomic E-state index is 12.7. The standard InChI is InChI=1S/C17H16O2/c1-19-10-5-6-15-16(9-10)13-7-8-14(17(15)18)12-4-2-3-11(12)13/h2,4-9,11-14H,3H2,1H3/t11-,12+,13+,14-/m1/s1. The topological polar surface area (TPSA) is 26.3 Å². The fourth-order valence-electron chi connectivity index (χ4n) is 3.92. The van der Waals surface area contributed by atoms with E-state index in [1.807, 2.05) is 18.2 Å². The van der Waals surface area contributed by atoms with Gasteiger partial charge in [-0.2, -0.15) is 0 Å². The fraction of sp³-hybridized carbons (Fsp3) is 0.353. The van der Waals surface area contributed by atoms with Crippen LogP contribution in [0.25, 0.3) is 0 Å². The Balaban J connectivity index is 1.93. The number of ketones is 1. The maximum Gasteiger partial charge on any atom is 0.170 e. The number of hydrogen-bond donors (Lipinski definition) is 0. The van der Waals surface area contributed by atoms with Crippen LogP contribution < -0.4 is 4.74 Å². The summed E-state index contributed by atoms with van der Waals surface area (Å²) in [5.74, 6) is 2.44. The van der Waals surface area contributed by atoms with Crippen LogP contribution in [0.5, 0.6) is 5.75 Å². The molecule has 0 heterocycles. The Morgan fingerprint density at radius 3 is 2.84 bits per heavy atom. The predicted octanol–water partition coefficient (Wildman–Crippen LogP) is 3.35. The minimum Gasteiger partial charge on any atom is -0.497 e. The highest BCUT2D eigenvalue weighted by Crippen LogP contribution is 2.51. The molecule has 2 bridgehead atoms. The SMILES string of the molecule is COc1ccc2c(c1)[C@H]1C=C[C@@H](C2=O)[C@H]2C=CC[C@H]21. The first-order valence-electron chi connectivity index (χ1n) is 6.87. The quantitative estimate of drug-likeness (QED) is 0.716. The third kappa shape index (κ3) is 1.40. The first-order valence-corrected chi connectivity index (χ1v) is 6.87. The molecule has 0 saturated carbocycles. The summed E-state index contributed by atoms with van der Waals surface area (Å²) in [6.07, 6.45) is 9.92. The van der Waals surface area contributed by atoms with Crippen molar-refractivity contribution in [3.63, 3.8) is 0 Å². The van der Waals surface area contributed by atoms with Gasteiger partial charge in [0.05, 0.1) is 7.11 Å². The van der Waals surface area contributed by atoms with Gasteiger partial charge in [-0.1, -0.05) is 24.3 Å². The van der Waals surface area contributed by atoms with Crippen molar-refractivity contribution in [2.45, 2.75) is 12.3 Å². The lowest BCUT2D eigenvalue weighted by Crippen LogP contribution is -2.27. The van der Waals surface area contributed by atoms with E-state index in [-0.39, 0.29) is 11.7 Å². The summed E-state index contributed by atoms with van der Waals surface area (Å²) in [6, 6.07) is 5.88. The number of benzene rings is 1. The van der Waals surface area contributed by atoms with Crippen LogP contribution in [0.1, 0.15) is 28.3 Å². The van der Waals surface area contributed by atoms with E-state index in [4.69, 9.17) is 4.74 Å². The molecule has 2 heteroatoms. The van der Waals surface area contributed by atoms with Gasteiger partial charge in [-0.15, -0.1) is 0 Å². The zero-order valence-electron chi connectivity index (χ0n) is 10.9. The minimum absolute atomic E-state index is 0.0367. The minimum atomic E-state index is 0.0367. The first-order chi connectivity index (χ1) is 9.29. The molecule has 4 aliphatic rings. The van der Waals surface area contributed by atoms with Crippen molar-refractivity contribution in [3.05, 3.63) is 53.6 Å². The van der Waals surface area contributed by atoms with Crippen LogP contribution in [-0.2, 0) is 0 Å². The van der Waals surface area contributed by atoms with Gasteiger partial charge in [0.2, 0.25) is 0 Å². The highest BCUT2D eigenvalue weighted by Gasteiger charge is 2.44. The molecular formula is C17H16O2. The number of methoxy groups -OCH3 is 1. The average Bonchev–Trinajstić information content (AvgIpc) is 2.87. The first kappa shape index (κ1) is 11.0. The van der Waals surface area contributed by atoms with Gasteiger partial charge in [-0.25, -0.2) is 0 Å². The zero-order valence-corrected chi connectivity index (χ0v) is 10.9. The lowest BCUT2D eigenvalue weighted by molar-refractivity contribution is 0.0908. The molecule has 0 N–H and O–H groups in total. The van der Waals surface area contributed by atoms with E-state index < -0.39 is 0 Å². The molecule has 19 heavy (non-hydrogen) atoms. The smallest absolute Gasteiger partial charge is 0.170 e.